The maximum absolute atomic E-state index is 12.2. The minimum Gasteiger partial charge on any atom is -0.494 e. The van der Waals surface area contributed by atoms with E-state index in [-0.39, 0.29) is 4.90 Å². The van der Waals surface area contributed by atoms with Crippen molar-refractivity contribution < 1.29 is 13.2 Å². The molecule has 0 amide bonds. The molecule has 0 aliphatic rings. The summed E-state index contributed by atoms with van der Waals surface area (Å²) >= 11 is 2.13. The quantitative estimate of drug-likeness (QED) is 0.778. The first-order valence-corrected chi connectivity index (χ1v) is 8.59. The van der Waals surface area contributed by atoms with Gasteiger partial charge in [0.25, 0.3) is 10.0 Å². The molecule has 2 aromatic carbocycles. The normalized spacial score (nSPS) is 11.1. The van der Waals surface area contributed by atoms with Crippen LogP contribution in [0.15, 0.2) is 53.4 Å². The third kappa shape index (κ3) is 3.86. The summed E-state index contributed by atoms with van der Waals surface area (Å²) in [6.45, 7) is 2.43. The maximum atomic E-state index is 12.2. The zero-order valence-electron chi connectivity index (χ0n) is 10.8. The Morgan fingerprint density at radius 3 is 2.45 bits per heavy atom. The standard InChI is InChI=1S/C14H14INO3S/c1-2-19-13-6-8-14(9-7-13)20(17,18)16-12-5-3-4-11(15)10-12/h3-10,16H,2H2,1H3. The Bertz CT molecular complexity index is 684. The molecule has 20 heavy (non-hydrogen) atoms. The first-order valence-electron chi connectivity index (χ1n) is 6.02. The highest BCUT2D eigenvalue weighted by molar-refractivity contribution is 14.1. The van der Waals surface area contributed by atoms with E-state index in [2.05, 4.69) is 27.3 Å². The van der Waals surface area contributed by atoms with Gasteiger partial charge in [0.05, 0.1) is 11.5 Å². The second-order valence-electron chi connectivity index (χ2n) is 4.02. The molecule has 2 aromatic rings. The van der Waals surface area contributed by atoms with E-state index in [0.29, 0.717) is 18.0 Å². The van der Waals surface area contributed by atoms with Crippen molar-refractivity contribution >= 4 is 38.3 Å². The van der Waals surface area contributed by atoms with Gasteiger partial charge in [-0.15, -0.1) is 0 Å². The molecule has 106 valence electrons. The largest absolute Gasteiger partial charge is 0.494 e. The number of hydrogen-bond donors (Lipinski definition) is 1. The number of hydrogen-bond acceptors (Lipinski definition) is 3. The minimum absolute atomic E-state index is 0.208. The molecule has 0 aromatic heterocycles. The van der Waals surface area contributed by atoms with E-state index in [4.69, 9.17) is 4.74 Å². The summed E-state index contributed by atoms with van der Waals surface area (Å²) in [4.78, 5) is 0.208. The Balaban J connectivity index is 2.21. The molecule has 0 spiro atoms. The molecule has 0 saturated carbocycles. The van der Waals surface area contributed by atoms with Crippen molar-refractivity contribution in [3.05, 3.63) is 52.1 Å². The molecule has 0 unspecified atom stereocenters. The van der Waals surface area contributed by atoms with Gasteiger partial charge in [-0.2, -0.15) is 0 Å². The summed E-state index contributed by atoms with van der Waals surface area (Å²) in [5, 5.41) is 0. The SMILES string of the molecule is CCOc1ccc(S(=O)(=O)Nc2cccc(I)c2)cc1. The van der Waals surface area contributed by atoms with Crippen molar-refractivity contribution in [1.29, 1.82) is 0 Å². The lowest BCUT2D eigenvalue weighted by molar-refractivity contribution is 0.340. The van der Waals surface area contributed by atoms with Crippen molar-refractivity contribution in [2.24, 2.45) is 0 Å². The number of rotatable bonds is 5. The molecule has 0 bridgehead atoms. The lowest BCUT2D eigenvalue weighted by atomic mass is 10.3. The molecule has 0 saturated heterocycles. The van der Waals surface area contributed by atoms with Crippen molar-refractivity contribution in [3.63, 3.8) is 0 Å². The fraction of sp³-hybridized carbons (Fsp3) is 0.143. The van der Waals surface area contributed by atoms with Gasteiger partial charge < -0.3 is 4.74 Å². The molecule has 0 aliphatic heterocycles. The molecular formula is C14H14INO3S. The van der Waals surface area contributed by atoms with Crippen LogP contribution in [0.25, 0.3) is 0 Å². The van der Waals surface area contributed by atoms with Gasteiger partial charge in [-0.3, -0.25) is 4.72 Å². The smallest absolute Gasteiger partial charge is 0.261 e. The van der Waals surface area contributed by atoms with E-state index in [1.165, 1.54) is 12.1 Å². The fourth-order valence-corrected chi connectivity index (χ4v) is 3.24. The van der Waals surface area contributed by atoms with E-state index in [0.717, 1.165) is 3.57 Å². The molecule has 0 aliphatic carbocycles. The Kier molecular flexibility index (Phi) is 4.87. The van der Waals surface area contributed by atoms with Crippen LogP contribution >= 0.6 is 22.6 Å². The average molecular weight is 403 g/mol. The van der Waals surface area contributed by atoms with Gasteiger partial charge in [0.1, 0.15) is 5.75 Å². The van der Waals surface area contributed by atoms with E-state index >= 15 is 0 Å². The van der Waals surface area contributed by atoms with Crippen molar-refractivity contribution in [3.8, 4) is 5.75 Å². The predicted molar refractivity (Wildman–Crippen MR) is 87.6 cm³/mol. The van der Waals surface area contributed by atoms with Crippen LogP contribution in [0, 0.1) is 3.57 Å². The van der Waals surface area contributed by atoms with E-state index in [9.17, 15) is 8.42 Å². The molecule has 0 atom stereocenters. The third-order valence-electron chi connectivity index (χ3n) is 2.52. The van der Waals surface area contributed by atoms with Gasteiger partial charge in [0.15, 0.2) is 0 Å². The number of halogens is 1. The van der Waals surface area contributed by atoms with Gasteiger partial charge in [-0.05, 0) is 72.0 Å². The van der Waals surface area contributed by atoms with E-state index < -0.39 is 10.0 Å². The number of sulfonamides is 1. The molecule has 2 rings (SSSR count). The zero-order valence-corrected chi connectivity index (χ0v) is 13.8. The van der Waals surface area contributed by atoms with Gasteiger partial charge in [-0.1, -0.05) is 6.07 Å². The minimum atomic E-state index is -3.57. The Hall–Kier alpha value is -1.28. The highest BCUT2D eigenvalue weighted by atomic mass is 127. The molecular weight excluding hydrogens is 389 g/mol. The summed E-state index contributed by atoms with van der Waals surface area (Å²) in [6.07, 6.45) is 0. The highest BCUT2D eigenvalue weighted by Crippen LogP contribution is 2.20. The lowest BCUT2D eigenvalue weighted by Gasteiger charge is -2.09. The van der Waals surface area contributed by atoms with Gasteiger partial charge in [-0.25, -0.2) is 8.42 Å². The van der Waals surface area contributed by atoms with E-state index in [1.807, 2.05) is 13.0 Å². The fourth-order valence-electron chi connectivity index (χ4n) is 1.65. The number of nitrogens with one attached hydrogen (secondary N) is 1. The second-order valence-corrected chi connectivity index (χ2v) is 6.95. The third-order valence-corrected chi connectivity index (χ3v) is 4.59. The van der Waals surface area contributed by atoms with Gasteiger partial charge in [0.2, 0.25) is 0 Å². The Morgan fingerprint density at radius 2 is 1.85 bits per heavy atom. The van der Waals surface area contributed by atoms with Crippen molar-refractivity contribution in [2.75, 3.05) is 11.3 Å². The molecule has 6 heteroatoms. The molecule has 0 fully saturated rings. The summed E-state index contributed by atoms with van der Waals surface area (Å²) < 4.78 is 33.3. The van der Waals surface area contributed by atoms with Gasteiger partial charge >= 0.3 is 0 Å². The predicted octanol–water partition coefficient (Wildman–Crippen LogP) is 3.49. The monoisotopic (exact) mass is 403 g/mol. The van der Waals surface area contributed by atoms with Gasteiger partial charge in [0, 0.05) is 9.26 Å². The molecule has 0 heterocycles. The number of ether oxygens (including phenoxy) is 1. The average Bonchev–Trinajstić information content (AvgIpc) is 2.39. The molecule has 1 N–H and O–H groups in total. The molecule has 0 radical (unpaired) electrons. The zero-order chi connectivity index (χ0) is 14.6. The van der Waals surface area contributed by atoms with Crippen LogP contribution in [0.4, 0.5) is 5.69 Å². The van der Waals surface area contributed by atoms with Crippen LogP contribution < -0.4 is 9.46 Å². The number of benzene rings is 2. The van der Waals surface area contributed by atoms with Crippen LogP contribution in [0.2, 0.25) is 0 Å². The maximum Gasteiger partial charge on any atom is 0.261 e. The van der Waals surface area contributed by atoms with E-state index in [1.54, 1.807) is 30.3 Å². The van der Waals surface area contributed by atoms with Crippen LogP contribution in [0.1, 0.15) is 6.92 Å². The Morgan fingerprint density at radius 1 is 1.15 bits per heavy atom. The van der Waals surface area contributed by atoms with Crippen LogP contribution in [-0.2, 0) is 10.0 Å². The lowest BCUT2D eigenvalue weighted by Crippen LogP contribution is -2.12. The first-order chi connectivity index (χ1) is 9.51. The summed E-state index contributed by atoms with van der Waals surface area (Å²) in [5.74, 6) is 0.653. The van der Waals surface area contributed by atoms with Crippen molar-refractivity contribution in [2.45, 2.75) is 11.8 Å². The number of anilines is 1. The first kappa shape index (κ1) is 15.1. The van der Waals surface area contributed by atoms with Crippen LogP contribution in [0.5, 0.6) is 5.75 Å². The second kappa shape index (κ2) is 6.45. The van der Waals surface area contributed by atoms with Crippen LogP contribution in [0.3, 0.4) is 0 Å². The van der Waals surface area contributed by atoms with Crippen molar-refractivity contribution in [1.82, 2.24) is 0 Å². The summed E-state index contributed by atoms with van der Waals surface area (Å²) in [5.41, 5.74) is 0.547. The highest BCUT2D eigenvalue weighted by Gasteiger charge is 2.14. The molecule has 4 nitrogen and oxygen atoms in total. The summed E-state index contributed by atoms with van der Waals surface area (Å²) in [6, 6.07) is 13.5. The Labute approximate surface area is 132 Å². The van der Waals surface area contributed by atoms with Crippen LogP contribution in [-0.4, -0.2) is 15.0 Å². The summed E-state index contributed by atoms with van der Waals surface area (Å²) in [7, 11) is -3.57. The topological polar surface area (TPSA) is 55.4 Å².